The molecule has 1 fully saturated rings. The predicted molar refractivity (Wildman–Crippen MR) is 98.5 cm³/mol. The Hall–Kier alpha value is -1.41. The van der Waals surface area contributed by atoms with Gasteiger partial charge in [-0.1, -0.05) is 75.2 Å². The summed E-state index contributed by atoms with van der Waals surface area (Å²) in [7, 11) is -1.45. The maximum atomic E-state index is 7.98. The van der Waals surface area contributed by atoms with Crippen molar-refractivity contribution in [1.29, 1.82) is 0 Å². The lowest BCUT2D eigenvalue weighted by molar-refractivity contribution is 0.444. The summed E-state index contributed by atoms with van der Waals surface area (Å²) in [5.41, 5.74) is 3.01. The van der Waals surface area contributed by atoms with E-state index in [2.05, 4.69) is 25.7 Å². The molecule has 0 unspecified atom stereocenters. The van der Waals surface area contributed by atoms with Gasteiger partial charge in [0.15, 0.2) is 0 Å². The van der Waals surface area contributed by atoms with E-state index in [4.69, 9.17) is 9.10 Å². The van der Waals surface area contributed by atoms with E-state index in [-0.39, 0.29) is 18.1 Å². The second-order valence-electron chi connectivity index (χ2n) is 7.40. The predicted octanol–water partition coefficient (Wildman–Crippen LogP) is 5.34. The third-order valence-electron chi connectivity index (χ3n) is 4.70. The fourth-order valence-corrected chi connectivity index (χ4v) is 4.35. The van der Waals surface area contributed by atoms with Crippen LogP contribution in [0.15, 0.2) is 42.5 Å². The van der Waals surface area contributed by atoms with Crippen molar-refractivity contribution in [3.05, 3.63) is 48.1 Å². The average molecular weight is 313 g/mol. The van der Waals surface area contributed by atoms with Crippen LogP contribution < -0.4 is 5.19 Å². The van der Waals surface area contributed by atoms with E-state index < -0.39 is 8.07 Å². The van der Waals surface area contributed by atoms with E-state index in [0.717, 1.165) is 11.3 Å². The standard InChI is InChI=1S/C20H27NSi/c1-22(2,3)18-14-19(16-10-6-4-7-11-16)20(21-15-18)17-12-8-5-9-13-17/h5,8-9,12-16H,4,6-7,10-11H2,1-3H3/i5D,8D,9D. The van der Waals surface area contributed by atoms with Crippen LogP contribution in [0.3, 0.4) is 0 Å². The van der Waals surface area contributed by atoms with Gasteiger partial charge in [-0.3, -0.25) is 4.98 Å². The Labute approximate surface area is 140 Å². The van der Waals surface area contributed by atoms with Crippen molar-refractivity contribution in [2.24, 2.45) is 0 Å². The first-order chi connectivity index (χ1) is 11.8. The maximum absolute atomic E-state index is 7.98. The molecule has 1 aliphatic carbocycles. The molecule has 0 radical (unpaired) electrons. The highest BCUT2D eigenvalue weighted by Gasteiger charge is 2.24. The van der Waals surface area contributed by atoms with E-state index in [1.54, 1.807) is 12.1 Å². The van der Waals surface area contributed by atoms with E-state index in [9.17, 15) is 0 Å². The van der Waals surface area contributed by atoms with Crippen LogP contribution in [0, 0.1) is 0 Å². The summed E-state index contributed by atoms with van der Waals surface area (Å²) in [6.07, 6.45) is 8.23. The quantitative estimate of drug-likeness (QED) is 0.697. The van der Waals surface area contributed by atoms with Gasteiger partial charge in [0.2, 0.25) is 0 Å². The molecule has 0 bridgehead atoms. The summed E-state index contributed by atoms with van der Waals surface area (Å²) in [6.45, 7) is 7.02. The summed E-state index contributed by atoms with van der Waals surface area (Å²) in [6, 6.07) is 5.95. The normalized spacial score (nSPS) is 18.6. The van der Waals surface area contributed by atoms with Gasteiger partial charge in [-0.05, 0) is 29.5 Å². The van der Waals surface area contributed by atoms with E-state index in [1.807, 2.05) is 6.20 Å². The molecular formula is C20H27NSi. The molecule has 2 aromatic rings. The first-order valence-electron chi connectivity index (χ1n) is 9.86. The van der Waals surface area contributed by atoms with Crippen LogP contribution >= 0.6 is 0 Å². The highest BCUT2D eigenvalue weighted by molar-refractivity contribution is 6.88. The van der Waals surface area contributed by atoms with Crippen molar-refractivity contribution in [1.82, 2.24) is 4.98 Å². The number of hydrogen-bond acceptors (Lipinski definition) is 1. The molecule has 1 nitrogen and oxygen atoms in total. The van der Waals surface area contributed by atoms with Crippen LogP contribution in [0.1, 0.15) is 47.7 Å². The van der Waals surface area contributed by atoms with Crippen molar-refractivity contribution >= 4 is 13.3 Å². The van der Waals surface area contributed by atoms with Crippen molar-refractivity contribution in [2.75, 3.05) is 0 Å². The van der Waals surface area contributed by atoms with Crippen LogP contribution in [-0.2, 0) is 0 Å². The summed E-state index contributed by atoms with van der Waals surface area (Å²) in [5, 5.41) is 1.37. The second kappa shape index (κ2) is 6.37. The molecular weight excluding hydrogens is 282 g/mol. The summed E-state index contributed by atoms with van der Waals surface area (Å²) in [5.74, 6) is 0.520. The molecule has 0 aliphatic heterocycles. The topological polar surface area (TPSA) is 12.9 Å². The molecule has 1 aromatic carbocycles. The minimum Gasteiger partial charge on any atom is -0.256 e. The molecule has 1 saturated carbocycles. The van der Waals surface area contributed by atoms with Crippen molar-refractivity contribution in [2.45, 2.75) is 57.7 Å². The molecule has 0 saturated heterocycles. The lowest BCUT2D eigenvalue weighted by atomic mass is 9.82. The molecule has 2 heteroatoms. The Morgan fingerprint density at radius 1 is 1.05 bits per heavy atom. The molecule has 1 heterocycles. The minimum atomic E-state index is -1.45. The van der Waals surface area contributed by atoms with Gasteiger partial charge in [0.05, 0.1) is 17.9 Å². The Balaban J connectivity index is 2.15. The van der Waals surface area contributed by atoms with Crippen molar-refractivity contribution in [3.8, 4) is 11.3 Å². The van der Waals surface area contributed by atoms with Gasteiger partial charge in [-0.25, -0.2) is 0 Å². The lowest BCUT2D eigenvalue weighted by Crippen LogP contribution is -2.38. The monoisotopic (exact) mass is 312 g/mol. The van der Waals surface area contributed by atoms with Gasteiger partial charge in [-0.15, -0.1) is 0 Å². The highest BCUT2D eigenvalue weighted by Crippen LogP contribution is 2.36. The number of hydrogen-bond donors (Lipinski definition) is 0. The number of nitrogens with zero attached hydrogens (tertiary/aromatic N) is 1. The zero-order valence-corrected chi connectivity index (χ0v) is 14.9. The number of benzene rings is 1. The van der Waals surface area contributed by atoms with Crippen LogP contribution in [-0.4, -0.2) is 13.1 Å². The van der Waals surface area contributed by atoms with Crippen LogP contribution in [0.5, 0.6) is 0 Å². The zero-order chi connectivity index (χ0) is 18.2. The molecule has 1 aromatic heterocycles. The summed E-state index contributed by atoms with van der Waals surface area (Å²) < 4.78 is 23.7. The smallest absolute Gasteiger partial charge is 0.0796 e. The lowest BCUT2D eigenvalue weighted by Gasteiger charge is -2.26. The van der Waals surface area contributed by atoms with Gasteiger partial charge in [0.1, 0.15) is 0 Å². The molecule has 1 aliphatic rings. The largest absolute Gasteiger partial charge is 0.256 e. The fourth-order valence-electron chi connectivity index (χ4n) is 3.31. The van der Waals surface area contributed by atoms with Crippen LogP contribution in [0.25, 0.3) is 11.3 Å². The number of pyridine rings is 1. The molecule has 0 N–H and O–H groups in total. The minimum absolute atomic E-state index is 0.0123. The highest BCUT2D eigenvalue weighted by atomic mass is 28.3. The SMILES string of the molecule is [2H]c1cc(-c2ncc([Si](C)(C)C)cc2C2CCCCC2)cc([2H])c1[2H]. The Bertz CT molecular complexity index is 754. The van der Waals surface area contributed by atoms with Gasteiger partial charge in [0, 0.05) is 11.8 Å². The Morgan fingerprint density at radius 2 is 1.73 bits per heavy atom. The molecule has 3 rings (SSSR count). The van der Waals surface area contributed by atoms with Crippen LogP contribution in [0.4, 0.5) is 0 Å². The van der Waals surface area contributed by atoms with Gasteiger partial charge in [-0.2, -0.15) is 0 Å². The molecule has 22 heavy (non-hydrogen) atoms. The maximum Gasteiger partial charge on any atom is 0.0796 e. The third kappa shape index (κ3) is 3.32. The number of rotatable bonds is 3. The van der Waals surface area contributed by atoms with E-state index in [0.29, 0.717) is 5.92 Å². The van der Waals surface area contributed by atoms with Gasteiger partial charge in [0.25, 0.3) is 0 Å². The van der Waals surface area contributed by atoms with Crippen molar-refractivity contribution in [3.63, 3.8) is 0 Å². The summed E-state index contributed by atoms with van der Waals surface area (Å²) >= 11 is 0. The molecule has 0 amide bonds. The molecule has 116 valence electrons. The Kier molecular flexibility index (Phi) is 3.49. The average Bonchev–Trinajstić information content (AvgIpc) is 2.58. The number of aromatic nitrogens is 1. The fraction of sp³-hybridized carbons (Fsp3) is 0.450. The first kappa shape index (κ1) is 12.1. The van der Waals surface area contributed by atoms with E-state index >= 15 is 0 Å². The zero-order valence-electron chi connectivity index (χ0n) is 16.9. The molecule has 0 atom stereocenters. The van der Waals surface area contributed by atoms with Gasteiger partial charge >= 0.3 is 0 Å². The Morgan fingerprint density at radius 3 is 2.36 bits per heavy atom. The molecule has 0 spiro atoms. The van der Waals surface area contributed by atoms with Crippen molar-refractivity contribution < 1.29 is 4.11 Å². The van der Waals surface area contributed by atoms with Gasteiger partial charge < -0.3 is 0 Å². The first-order valence-corrected chi connectivity index (χ1v) is 11.9. The third-order valence-corrected chi connectivity index (χ3v) is 6.71. The summed E-state index contributed by atoms with van der Waals surface area (Å²) in [4.78, 5) is 4.81. The van der Waals surface area contributed by atoms with E-state index in [1.165, 1.54) is 42.9 Å². The second-order valence-corrected chi connectivity index (χ2v) is 12.5. The van der Waals surface area contributed by atoms with Crippen LogP contribution in [0.2, 0.25) is 19.6 Å².